The molecule has 1 heterocycles. The predicted molar refractivity (Wildman–Crippen MR) is 89.5 cm³/mol. The third-order valence-corrected chi connectivity index (χ3v) is 4.48. The summed E-state index contributed by atoms with van der Waals surface area (Å²) in [6.07, 6.45) is 0.921. The Morgan fingerprint density at radius 2 is 2.05 bits per heavy atom. The van der Waals surface area contributed by atoms with Gasteiger partial charge in [-0.05, 0) is 31.0 Å². The minimum absolute atomic E-state index is 0.0953. The van der Waals surface area contributed by atoms with Gasteiger partial charge in [-0.3, -0.25) is 4.90 Å². The number of rotatable bonds is 4. The van der Waals surface area contributed by atoms with Crippen molar-refractivity contribution < 1.29 is 9.90 Å². The summed E-state index contributed by atoms with van der Waals surface area (Å²) in [5, 5.41) is 12.9. The number of nitrogens with one attached hydrogen (secondary N) is 1. The molecule has 122 valence electrons. The third kappa shape index (κ3) is 4.12. The summed E-state index contributed by atoms with van der Waals surface area (Å²) in [5.74, 6) is 0. The zero-order valence-corrected chi connectivity index (χ0v) is 13.9. The molecule has 2 N–H and O–H groups in total. The highest BCUT2D eigenvalue weighted by atomic mass is 35.5. The molecule has 0 aliphatic carbocycles. The number of amides is 2. The summed E-state index contributed by atoms with van der Waals surface area (Å²) < 4.78 is 0. The van der Waals surface area contributed by atoms with Crippen LogP contribution in [0.5, 0.6) is 0 Å². The van der Waals surface area contributed by atoms with E-state index in [2.05, 4.69) is 17.1 Å². The van der Waals surface area contributed by atoms with Crippen molar-refractivity contribution in [3.8, 4) is 0 Å². The van der Waals surface area contributed by atoms with Gasteiger partial charge in [0.1, 0.15) is 0 Å². The fraction of sp³-hybridized carbons (Fsp3) is 0.562. The molecule has 2 amide bonds. The molecule has 22 heavy (non-hydrogen) atoms. The molecule has 1 aromatic carbocycles. The van der Waals surface area contributed by atoms with E-state index >= 15 is 0 Å². The van der Waals surface area contributed by atoms with Gasteiger partial charge in [-0.2, -0.15) is 0 Å². The molecule has 0 radical (unpaired) electrons. The lowest BCUT2D eigenvalue weighted by Crippen LogP contribution is -2.53. The van der Waals surface area contributed by atoms with Crippen LogP contribution in [0.25, 0.3) is 0 Å². The van der Waals surface area contributed by atoms with Crippen molar-refractivity contribution >= 4 is 23.3 Å². The maximum absolute atomic E-state index is 12.4. The largest absolute Gasteiger partial charge is 0.395 e. The van der Waals surface area contributed by atoms with Gasteiger partial charge in [-0.25, -0.2) is 4.79 Å². The molecule has 1 saturated heterocycles. The van der Waals surface area contributed by atoms with Gasteiger partial charge in [0.2, 0.25) is 0 Å². The van der Waals surface area contributed by atoms with Crippen molar-refractivity contribution in [1.29, 1.82) is 0 Å². The average Bonchev–Trinajstić information content (AvgIpc) is 2.53. The Balaban J connectivity index is 1.91. The molecular weight excluding hydrogens is 302 g/mol. The number of aliphatic hydroxyl groups is 1. The number of nitrogens with zero attached hydrogens (tertiary/aromatic N) is 2. The lowest BCUT2D eigenvalue weighted by atomic mass is 10.1. The highest BCUT2D eigenvalue weighted by Gasteiger charge is 2.25. The summed E-state index contributed by atoms with van der Waals surface area (Å²) in [6.45, 7) is 7.11. The number of hydrogen-bond acceptors (Lipinski definition) is 3. The average molecular weight is 326 g/mol. The summed E-state index contributed by atoms with van der Waals surface area (Å²) in [7, 11) is 0. The van der Waals surface area contributed by atoms with Gasteiger partial charge in [0.05, 0.1) is 6.61 Å². The summed E-state index contributed by atoms with van der Waals surface area (Å²) in [5.41, 5.74) is 1.74. The second kappa shape index (κ2) is 7.81. The predicted octanol–water partition coefficient (Wildman–Crippen LogP) is 2.57. The number of anilines is 1. The second-order valence-corrected chi connectivity index (χ2v) is 6.09. The van der Waals surface area contributed by atoms with Crippen LogP contribution in [0.3, 0.4) is 0 Å². The van der Waals surface area contributed by atoms with Crippen LogP contribution in [0.2, 0.25) is 5.02 Å². The highest BCUT2D eigenvalue weighted by Crippen LogP contribution is 2.21. The number of aryl methyl sites for hydroxylation is 1. The SMILES string of the molecule is CCC(CO)N1CCN(C(=O)Nc2cc(Cl)ccc2C)CC1. The number of hydrogen-bond donors (Lipinski definition) is 2. The van der Waals surface area contributed by atoms with Crippen LogP contribution in [0.15, 0.2) is 18.2 Å². The van der Waals surface area contributed by atoms with Crippen LogP contribution >= 0.6 is 11.6 Å². The monoisotopic (exact) mass is 325 g/mol. The van der Waals surface area contributed by atoms with E-state index in [1.54, 1.807) is 11.0 Å². The number of aliphatic hydroxyl groups excluding tert-OH is 1. The first kappa shape index (κ1) is 17.1. The molecule has 5 nitrogen and oxygen atoms in total. The Morgan fingerprint density at radius 1 is 1.36 bits per heavy atom. The lowest BCUT2D eigenvalue weighted by molar-refractivity contribution is 0.0766. The lowest BCUT2D eigenvalue weighted by Gasteiger charge is -2.38. The van der Waals surface area contributed by atoms with Gasteiger partial charge in [-0.15, -0.1) is 0 Å². The Bertz CT molecular complexity index is 512. The van der Waals surface area contributed by atoms with Crippen LogP contribution in [-0.2, 0) is 0 Å². The van der Waals surface area contributed by atoms with Crippen LogP contribution in [-0.4, -0.2) is 59.8 Å². The van der Waals surface area contributed by atoms with E-state index in [4.69, 9.17) is 11.6 Å². The van der Waals surface area contributed by atoms with Crippen molar-refractivity contribution in [1.82, 2.24) is 9.80 Å². The van der Waals surface area contributed by atoms with E-state index in [0.717, 1.165) is 30.8 Å². The Labute approximate surface area is 136 Å². The van der Waals surface area contributed by atoms with Crippen LogP contribution in [0.1, 0.15) is 18.9 Å². The number of carbonyl (C=O) groups excluding carboxylic acids is 1. The maximum atomic E-state index is 12.4. The molecule has 6 heteroatoms. The number of carbonyl (C=O) groups is 1. The normalized spacial score (nSPS) is 17.4. The van der Waals surface area contributed by atoms with Gasteiger partial charge in [0.25, 0.3) is 0 Å². The van der Waals surface area contributed by atoms with Crippen LogP contribution in [0, 0.1) is 6.92 Å². The highest BCUT2D eigenvalue weighted by molar-refractivity contribution is 6.31. The molecule has 0 saturated carbocycles. The first-order chi connectivity index (χ1) is 10.5. The Kier molecular flexibility index (Phi) is 6.06. The summed E-state index contributed by atoms with van der Waals surface area (Å²) >= 11 is 5.98. The number of halogens is 1. The molecule has 0 bridgehead atoms. The van der Waals surface area contributed by atoms with Gasteiger partial charge in [-0.1, -0.05) is 24.6 Å². The third-order valence-electron chi connectivity index (χ3n) is 4.24. The molecule has 0 aromatic heterocycles. The number of urea groups is 1. The maximum Gasteiger partial charge on any atom is 0.321 e. The van der Waals surface area contributed by atoms with Crippen molar-refractivity contribution in [3.05, 3.63) is 28.8 Å². The van der Waals surface area contributed by atoms with Crippen LogP contribution < -0.4 is 5.32 Å². The van der Waals surface area contributed by atoms with E-state index in [0.29, 0.717) is 18.1 Å². The molecule has 0 spiro atoms. The van der Waals surface area contributed by atoms with Crippen molar-refractivity contribution in [3.63, 3.8) is 0 Å². The Morgan fingerprint density at radius 3 is 2.64 bits per heavy atom. The topological polar surface area (TPSA) is 55.8 Å². The van der Waals surface area contributed by atoms with Gasteiger partial charge < -0.3 is 15.3 Å². The number of piperazine rings is 1. The second-order valence-electron chi connectivity index (χ2n) is 5.66. The van der Waals surface area contributed by atoms with Gasteiger partial charge in [0.15, 0.2) is 0 Å². The van der Waals surface area contributed by atoms with Gasteiger partial charge >= 0.3 is 6.03 Å². The molecule has 1 aliphatic rings. The van der Waals surface area contributed by atoms with E-state index in [1.807, 2.05) is 19.1 Å². The van der Waals surface area contributed by atoms with E-state index in [-0.39, 0.29) is 18.7 Å². The summed E-state index contributed by atoms with van der Waals surface area (Å²) in [4.78, 5) is 16.4. The molecule has 1 atom stereocenters. The first-order valence-electron chi connectivity index (χ1n) is 7.72. The fourth-order valence-electron chi connectivity index (χ4n) is 2.72. The van der Waals surface area contributed by atoms with E-state index in [1.165, 1.54) is 0 Å². The molecule has 1 aromatic rings. The molecule has 1 unspecified atom stereocenters. The van der Waals surface area contributed by atoms with Crippen LogP contribution in [0.4, 0.5) is 10.5 Å². The first-order valence-corrected chi connectivity index (χ1v) is 8.10. The summed E-state index contributed by atoms with van der Waals surface area (Å²) in [6, 6.07) is 5.57. The zero-order chi connectivity index (χ0) is 16.1. The Hall–Kier alpha value is -1.30. The van der Waals surface area contributed by atoms with E-state index < -0.39 is 0 Å². The van der Waals surface area contributed by atoms with Gasteiger partial charge in [0, 0.05) is 42.9 Å². The quantitative estimate of drug-likeness (QED) is 0.894. The number of benzene rings is 1. The smallest absolute Gasteiger partial charge is 0.321 e. The van der Waals surface area contributed by atoms with Crippen molar-refractivity contribution in [2.24, 2.45) is 0 Å². The van der Waals surface area contributed by atoms with E-state index in [9.17, 15) is 9.90 Å². The van der Waals surface area contributed by atoms with Crippen molar-refractivity contribution in [2.45, 2.75) is 26.3 Å². The molecule has 1 fully saturated rings. The minimum atomic E-state index is -0.0953. The zero-order valence-electron chi connectivity index (χ0n) is 13.2. The molecule has 1 aliphatic heterocycles. The standard InChI is InChI=1S/C16H24ClN3O2/c1-3-14(11-21)19-6-8-20(9-7-19)16(22)18-15-10-13(17)5-4-12(15)2/h4-5,10,14,21H,3,6-9,11H2,1-2H3,(H,18,22). The minimum Gasteiger partial charge on any atom is -0.395 e. The van der Waals surface area contributed by atoms with Crippen molar-refractivity contribution in [2.75, 3.05) is 38.1 Å². The molecular formula is C16H24ClN3O2. The fourth-order valence-corrected chi connectivity index (χ4v) is 2.89. The molecule has 2 rings (SSSR count).